The molecule has 27 heavy (non-hydrogen) atoms. The van der Waals surface area contributed by atoms with Crippen molar-refractivity contribution in [1.29, 1.82) is 0 Å². The summed E-state index contributed by atoms with van der Waals surface area (Å²) >= 11 is 0. The maximum absolute atomic E-state index is 11.9. The molecule has 0 saturated heterocycles. The normalized spacial score (nSPS) is 12.5. The summed E-state index contributed by atoms with van der Waals surface area (Å²) in [7, 11) is 0. The van der Waals surface area contributed by atoms with Crippen molar-refractivity contribution in [1.82, 2.24) is 21.3 Å². The Labute approximate surface area is 167 Å². The molecule has 0 spiro atoms. The molecular weight excluding hydrogens is 340 g/mol. The van der Waals surface area contributed by atoms with Crippen molar-refractivity contribution in [2.24, 2.45) is 17.4 Å². The van der Waals surface area contributed by atoms with E-state index in [1.165, 1.54) is 12.8 Å². The van der Waals surface area contributed by atoms with Gasteiger partial charge in [-0.05, 0) is 90.3 Å². The molecule has 0 aliphatic heterocycles. The molecule has 0 fully saturated rings. The molecule has 7 nitrogen and oxygen atoms in total. The Bertz CT molecular complexity index is 328. The lowest BCUT2D eigenvalue weighted by molar-refractivity contribution is -0.122. The molecule has 0 rings (SSSR count). The fourth-order valence-electron chi connectivity index (χ4n) is 2.67. The first-order valence-electron chi connectivity index (χ1n) is 10.9. The molecule has 162 valence electrons. The zero-order valence-electron chi connectivity index (χ0n) is 17.8. The molecule has 0 aliphatic rings. The maximum atomic E-state index is 11.9. The maximum Gasteiger partial charge on any atom is 0.236 e. The number of nitrogens with two attached hydrogens (primary N) is 2. The molecule has 1 amide bonds. The van der Waals surface area contributed by atoms with Crippen LogP contribution in [-0.4, -0.2) is 64.3 Å². The average molecular weight is 387 g/mol. The van der Waals surface area contributed by atoms with Gasteiger partial charge in [0.05, 0.1) is 6.04 Å². The second kappa shape index (κ2) is 20.0. The Morgan fingerprint density at radius 1 is 0.778 bits per heavy atom. The van der Waals surface area contributed by atoms with Gasteiger partial charge in [-0.2, -0.15) is 0 Å². The summed E-state index contributed by atoms with van der Waals surface area (Å²) < 4.78 is 0. The minimum Gasteiger partial charge on any atom is -0.355 e. The highest BCUT2D eigenvalue weighted by molar-refractivity contribution is 5.81. The number of unbranched alkanes of at least 4 members (excludes halogenated alkanes) is 2. The van der Waals surface area contributed by atoms with Crippen LogP contribution < -0.4 is 32.7 Å². The van der Waals surface area contributed by atoms with Gasteiger partial charge in [0.2, 0.25) is 5.91 Å². The van der Waals surface area contributed by atoms with Crippen molar-refractivity contribution in [3.63, 3.8) is 0 Å². The Morgan fingerprint density at radius 2 is 1.33 bits per heavy atom. The smallest absolute Gasteiger partial charge is 0.236 e. The first-order valence-corrected chi connectivity index (χ1v) is 10.9. The van der Waals surface area contributed by atoms with Gasteiger partial charge in [0.1, 0.15) is 0 Å². The van der Waals surface area contributed by atoms with Gasteiger partial charge in [-0.1, -0.05) is 20.3 Å². The summed E-state index contributed by atoms with van der Waals surface area (Å²) in [6, 6.07) is -0.380. The number of nitrogens with one attached hydrogen (secondary N) is 4. The van der Waals surface area contributed by atoms with Crippen LogP contribution >= 0.6 is 0 Å². The van der Waals surface area contributed by atoms with Crippen LogP contribution in [0.3, 0.4) is 0 Å². The van der Waals surface area contributed by atoms with E-state index < -0.39 is 0 Å². The van der Waals surface area contributed by atoms with Gasteiger partial charge in [0.25, 0.3) is 0 Å². The van der Waals surface area contributed by atoms with E-state index in [1.807, 2.05) is 0 Å². The molecule has 0 bridgehead atoms. The van der Waals surface area contributed by atoms with Crippen LogP contribution in [0.15, 0.2) is 0 Å². The first-order chi connectivity index (χ1) is 13.1. The second-order valence-corrected chi connectivity index (χ2v) is 7.69. The minimum atomic E-state index is -0.380. The van der Waals surface area contributed by atoms with Crippen LogP contribution in [0, 0.1) is 5.92 Å². The lowest BCUT2D eigenvalue weighted by Crippen LogP contribution is -2.41. The van der Waals surface area contributed by atoms with Crippen LogP contribution in [0.5, 0.6) is 0 Å². The molecule has 0 radical (unpaired) electrons. The number of hydrogen-bond donors (Lipinski definition) is 6. The molecule has 8 N–H and O–H groups in total. The van der Waals surface area contributed by atoms with Gasteiger partial charge < -0.3 is 32.7 Å². The van der Waals surface area contributed by atoms with E-state index in [0.717, 1.165) is 77.9 Å². The van der Waals surface area contributed by atoms with E-state index >= 15 is 0 Å². The van der Waals surface area contributed by atoms with Gasteiger partial charge in [-0.15, -0.1) is 0 Å². The third-order valence-corrected chi connectivity index (χ3v) is 4.35. The standard InChI is InChI=1S/C20H46N6O/c1-18(2)17-25-13-4-3-9-19(22)20(27)26-16-8-15-24-12-6-5-11-23-14-7-10-21/h18-19,23-25H,3-17,21-22H2,1-2H3,(H,26,27)/t19-/m1/s1. The molecule has 7 heteroatoms. The summed E-state index contributed by atoms with van der Waals surface area (Å²) in [5, 5.41) is 13.1. The number of rotatable bonds is 20. The fourth-order valence-corrected chi connectivity index (χ4v) is 2.67. The molecule has 0 unspecified atom stereocenters. The van der Waals surface area contributed by atoms with Crippen molar-refractivity contribution >= 4 is 5.91 Å². The van der Waals surface area contributed by atoms with E-state index in [4.69, 9.17) is 11.5 Å². The van der Waals surface area contributed by atoms with Gasteiger partial charge in [-0.3, -0.25) is 4.79 Å². The Morgan fingerprint density at radius 3 is 1.96 bits per heavy atom. The number of amides is 1. The van der Waals surface area contributed by atoms with Crippen LogP contribution in [-0.2, 0) is 4.79 Å². The van der Waals surface area contributed by atoms with Crippen LogP contribution in [0.2, 0.25) is 0 Å². The topological polar surface area (TPSA) is 117 Å². The largest absolute Gasteiger partial charge is 0.355 e. The SMILES string of the molecule is CC(C)CNCCCC[C@@H](N)C(=O)NCCCNCCCCNCCCN. The average Bonchev–Trinajstić information content (AvgIpc) is 2.64. The van der Waals surface area contributed by atoms with E-state index in [-0.39, 0.29) is 11.9 Å². The van der Waals surface area contributed by atoms with Gasteiger partial charge in [-0.25, -0.2) is 0 Å². The van der Waals surface area contributed by atoms with E-state index in [9.17, 15) is 4.79 Å². The van der Waals surface area contributed by atoms with E-state index in [2.05, 4.69) is 35.1 Å². The summed E-state index contributed by atoms with van der Waals surface area (Å²) in [5.41, 5.74) is 11.4. The molecule has 1 atom stereocenters. The van der Waals surface area contributed by atoms with Crippen LogP contribution in [0.1, 0.15) is 58.8 Å². The zero-order chi connectivity index (χ0) is 20.2. The van der Waals surface area contributed by atoms with Gasteiger partial charge in [0, 0.05) is 6.54 Å². The quantitative estimate of drug-likeness (QED) is 0.170. The zero-order valence-corrected chi connectivity index (χ0v) is 17.8. The molecule has 0 aromatic rings. The lowest BCUT2D eigenvalue weighted by Gasteiger charge is -2.13. The van der Waals surface area contributed by atoms with Crippen molar-refractivity contribution in [3.8, 4) is 0 Å². The predicted molar refractivity (Wildman–Crippen MR) is 116 cm³/mol. The fraction of sp³-hybridized carbons (Fsp3) is 0.950. The molecule has 0 aromatic heterocycles. The summed E-state index contributed by atoms with van der Waals surface area (Å²) in [6.45, 7) is 11.9. The highest BCUT2D eigenvalue weighted by atomic mass is 16.2. The van der Waals surface area contributed by atoms with Crippen molar-refractivity contribution in [2.75, 3.05) is 52.4 Å². The van der Waals surface area contributed by atoms with Crippen molar-refractivity contribution in [2.45, 2.75) is 64.8 Å². The molecule has 0 aromatic carbocycles. The number of carbonyl (C=O) groups is 1. The predicted octanol–water partition coefficient (Wildman–Crippen LogP) is 0.544. The molecule has 0 aliphatic carbocycles. The highest BCUT2D eigenvalue weighted by Crippen LogP contribution is 1.99. The minimum absolute atomic E-state index is 0.0197. The Balaban J connectivity index is 3.32. The Kier molecular flexibility index (Phi) is 19.5. The van der Waals surface area contributed by atoms with Crippen molar-refractivity contribution in [3.05, 3.63) is 0 Å². The van der Waals surface area contributed by atoms with Gasteiger partial charge >= 0.3 is 0 Å². The number of carbonyl (C=O) groups excluding carboxylic acids is 1. The lowest BCUT2D eigenvalue weighted by atomic mass is 10.1. The summed E-state index contributed by atoms with van der Waals surface area (Å²) in [5.74, 6) is 0.657. The first kappa shape index (κ1) is 26.3. The highest BCUT2D eigenvalue weighted by Gasteiger charge is 2.11. The molecule has 0 saturated carbocycles. The van der Waals surface area contributed by atoms with E-state index in [1.54, 1.807) is 0 Å². The van der Waals surface area contributed by atoms with Gasteiger partial charge in [0.15, 0.2) is 0 Å². The summed E-state index contributed by atoms with van der Waals surface area (Å²) in [4.78, 5) is 11.9. The van der Waals surface area contributed by atoms with Crippen molar-refractivity contribution < 1.29 is 4.79 Å². The third-order valence-electron chi connectivity index (χ3n) is 4.35. The van der Waals surface area contributed by atoms with E-state index in [0.29, 0.717) is 12.5 Å². The second-order valence-electron chi connectivity index (χ2n) is 7.69. The van der Waals surface area contributed by atoms with Crippen LogP contribution in [0.4, 0.5) is 0 Å². The number of hydrogen-bond acceptors (Lipinski definition) is 6. The molecule has 0 heterocycles. The monoisotopic (exact) mass is 386 g/mol. The summed E-state index contributed by atoms with van der Waals surface area (Å²) in [6.07, 6.45) is 7.14. The third kappa shape index (κ3) is 19.8. The molecular formula is C20H46N6O. The van der Waals surface area contributed by atoms with Crippen LogP contribution in [0.25, 0.3) is 0 Å². The Hall–Kier alpha value is -0.730.